The van der Waals surface area contributed by atoms with Crippen LogP contribution in [0, 0.1) is 0 Å². The molecule has 2 N–H and O–H groups in total. The molecule has 36 heavy (non-hydrogen) atoms. The highest BCUT2D eigenvalue weighted by Gasteiger charge is 2.21. The van der Waals surface area contributed by atoms with Crippen molar-refractivity contribution in [3.8, 4) is 34.4 Å². The number of anilines is 1. The zero-order valence-corrected chi connectivity index (χ0v) is 20.2. The van der Waals surface area contributed by atoms with E-state index in [9.17, 15) is 4.79 Å². The van der Waals surface area contributed by atoms with Gasteiger partial charge in [-0.3, -0.25) is 10.2 Å². The van der Waals surface area contributed by atoms with Crippen LogP contribution in [-0.4, -0.2) is 49.3 Å². The van der Waals surface area contributed by atoms with Crippen LogP contribution in [0.3, 0.4) is 0 Å². The summed E-state index contributed by atoms with van der Waals surface area (Å²) in [5.41, 5.74) is 4.64. The second kappa shape index (κ2) is 11.0. The Hall–Kier alpha value is -4.86. The third kappa shape index (κ3) is 5.12. The molecule has 4 rings (SSSR count). The molecule has 0 aliphatic carbocycles. The van der Waals surface area contributed by atoms with Crippen LogP contribution in [0.2, 0.25) is 0 Å². The third-order valence-corrected chi connectivity index (χ3v) is 5.26. The lowest BCUT2D eigenvalue weighted by molar-refractivity contribution is 0.324. The Labute approximate surface area is 207 Å². The number of aromatic nitrogens is 3. The fraction of sp³-hybridized carbons (Fsp3) is 0.154. The van der Waals surface area contributed by atoms with Crippen LogP contribution in [-0.2, 0) is 0 Å². The Morgan fingerprint density at radius 3 is 2.22 bits per heavy atom. The van der Waals surface area contributed by atoms with Crippen LogP contribution in [0.4, 0.5) is 5.69 Å². The zero-order valence-electron chi connectivity index (χ0n) is 20.2. The summed E-state index contributed by atoms with van der Waals surface area (Å²) in [4.78, 5) is 17.5. The van der Waals surface area contributed by atoms with Crippen molar-refractivity contribution in [2.24, 2.45) is 5.10 Å². The highest BCUT2D eigenvalue weighted by Crippen LogP contribution is 2.38. The topological polar surface area (TPSA) is 120 Å². The summed E-state index contributed by atoms with van der Waals surface area (Å²) in [6, 6.07) is 19.9. The molecule has 0 bridgehead atoms. The molecule has 0 saturated carbocycles. The molecule has 1 heterocycles. The van der Waals surface area contributed by atoms with Crippen molar-refractivity contribution >= 4 is 11.4 Å². The quantitative estimate of drug-likeness (QED) is 0.271. The Morgan fingerprint density at radius 2 is 1.58 bits per heavy atom. The maximum atomic E-state index is 13.0. The molecule has 3 aromatic carbocycles. The van der Waals surface area contributed by atoms with Gasteiger partial charge in [-0.05, 0) is 24.3 Å². The van der Waals surface area contributed by atoms with Crippen LogP contribution in [0.1, 0.15) is 11.3 Å². The van der Waals surface area contributed by atoms with Crippen molar-refractivity contribution in [1.29, 1.82) is 0 Å². The number of hydrogen-bond donors (Lipinski definition) is 2. The van der Waals surface area contributed by atoms with Crippen LogP contribution < -0.4 is 29.9 Å². The number of hydrazone groups is 1. The smallest absolute Gasteiger partial charge is 0.292 e. The minimum absolute atomic E-state index is 0.0496. The molecule has 0 aliphatic rings. The molecule has 10 heteroatoms. The molecule has 0 spiro atoms. The summed E-state index contributed by atoms with van der Waals surface area (Å²) in [7, 11) is 6.12. The molecule has 10 nitrogen and oxygen atoms in total. The minimum Gasteiger partial charge on any atom is -0.497 e. The van der Waals surface area contributed by atoms with E-state index < -0.39 is 5.56 Å². The van der Waals surface area contributed by atoms with Crippen LogP contribution in [0.5, 0.6) is 23.0 Å². The summed E-state index contributed by atoms with van der Waals surface area (Å²) in [5, 5.41) is 11.2. The Kier molecular flexibility index (Phi) is 7.45. The van der Waals surface area contributed by atoms with Crippen molar-refractivity contribution in [3.63, 3.8) is 0 Å². The van der Waals surface area contributed by atoms with E-state index in [2.05, 4.69) is 25.7 Å². The predicted octanol–water partition coefficient (Wildman–Crippen LogP) is 3.73. The van der Waals surface area contributed by atoms with Gasteiger partial charge in [0.2, 0.25) is 5.75 Å². The van der Waals surface area contributed by atoms with Crippen LogP contribution >= 0.6 is 0 Å². The maximum Gasteiger partial charge on any atom is 0.292 e. The van der Waals surface area contributed by atoms with Crippen molar-refractivity contribution in [3.05, 3.63) is 88.3 Å². The first-order valence-corrected chi connectivity index (χ1v) is 10.9. The van der Waals surface area contributed by atoms with Gasteiger partial charge in [-0.25, -0.2) is 10.1 Å². The van der Waals surface area contributed by atoms with Gasteiger partial charge in [0.15, 0.2) is 23.0 Å². The number of benzene rings is 3. The molecule has 0 aliphatic heterocycles. The fourth-order valence-electron chi connectivity index (χ4n) is 3.50. The van der Waals surface area contributed by atoms with E-state index in [1.807, 2.05) is 48.5 Å². The first kappa shape index (κ1) is 24.3. The third-order valence-electron chi connectivity index (χ3n) is 5.26. The van der Waals surface area contributed by atoms with Gasteiger partial charge in [-0.15, -0.1) is 0 Å². The van der Waals surface area contributed by atoms with Crippen molar-refractivity contribution in [1.82, 2.24) is 15.2 Å². The first-order chi connectivity index (χ1) is 17.6. The van der Waals surface area contributed by atoms with E-state index in [0.29, 0.717) is 40.1 Å². The van der Waals surface area contributed by atoms with Crippen molar-refractivity contribution < 1.29 is 18.9 Å². The predicted molar refractivity (Wildman–Crippen MR) is 136 cm³/mol. The van der Waals surface area contributed by atoms with E-state index in [1.165, 1.54) is 21.3 Å². The molecule has 184 valence electrons. The average Bonchev–Trinajstić information content (AvgIpc) is 2.93. The molecule has 1 aromatic heterocycles. The van der Waals surface area contributed by atoms with E-state index >= 15 is 0 Å². The molecule has 0 fully saturated rings. The lowest BCUT2D eigenvalue weighted by Crippen LogP contribution is -2.24. The number of nitrogens with one attached hydrogen (secondary N) is 2. The number of hydrogen-bond acceptors (Lipinski definition) is 9. The normalized spacial score (nSPS) is 11.1. The zero-order chi connectivity index (χ0) is 25.5. The Balaban J connectivity index is 1.91. The molecular weight excluding hydrogens is 462 g/mol. The van der Waals surface area contributed by atoms with Gasteiger partial charge in [-0.2, -0.15) is 10.2 Å². The van der Waals surface area contributed by atoms with Gasteiger partial charge in [0.05, 0.1) is 34.1 Å². The molecule has 0 saturated heterocycles. The SMILES string of the molecule is COc1cccc(N/N=C(\c2cc(OC)c(OC)c(OC)c2)c2nc(-c3ccccc3)n[nH]c2=O)c1. The lowest BCUT2D eigenvalue weighted by Gasteiger charge is -2.15. The van der Waals surface area contributed by atoms with E-state index in [4.69, 9.17) is 18.9 Å². The number of ether oxygens (including phenoxy) is 4. The maximum absolute atomic E-state index is 13.0. The van der Waals surface area contributed by atoms with Gasteiger partial charge in [0.1, 0.15) is 11.5 Å². The highest BCUT2D eigenvalue weighted by molar-refractivity contribution is 6.12. The van der Waals surface area contributed by atoms with Gasteiger partial charge in [0.25, 0.3) is 5.56 Å². The van der Waals surface area contributed by atoms with E-state index in [-0.39, 0.29) is 11.4 Å². The minimum atomic E-state index is -0.519. The lowest BCUT2D eigenvalue weighted by atomic mass is 10.1. The Morgan fingerprint density at radius 1 is 0.861 bits per heavy atom. The van der Waals surface area contributed by atoms with Crippen LogP contribution in [0.25, 0.3) is 11.4 Å². The number of rotatable bonds is 9. The molecule has 0 radical (unpaired) electrons. The largest absolute Gasteiger partial charge is 0.497 e. The van der Waals surface area contributed by atoms with E-state index in [0.717, 1.165) is 5.56 Å². The number of methoxy groups -OCH3 is 4. The second-order valence-electron chi connectivity index (χ2n) is 7.42. The van der Waals surface area contributed by atoms with Gasteiger partial charge in [-0.1, -0.05) is 36.4 Å². The van der Waals surface area contributed by atoms with Gasteiger partial charge < -0.3 is 18.9 Å². The van der Waals surface area contributed by atoms with Crippen LogP contribution in [0.15, 0.2) is 76.6 Å². The standard InChI is InChI=1S/C26H25N5O5/c1-33-19-12-8-11-18(15-19)28-29-22(17-13-20(34-2)24(36-4)21(14-17)35-3)23-26(32)31-30-25(27-23)16-9-6-5-7-10-16/h5-15,28H,1-4H3,(H,31,32)/b29-22+. The molecule has 0 atom stereocenters. The molecule has 0 amide bonds. The summed E-state index contributed by atoms with van der Waals surface area (Å²) in [6.45, 7) is 0. The first-order valence-electron chi connectivity index (χ1n) is 10.9. The highest BCUT2D eigenvalue weighted by atomic mass is 16.5. The van der Waals surface area contributed by atoms with Crippen molar-refractivity contribution in [2.75, 3.05) is 33.9 Å². The fourth-order valence-corrected chi connectivity index (χ4v) is 3.50. The second-order valence-corrected chi connectivity index (χ2v) is 7.42. The molecule has 4 aromatic rings. The van der Waals surface area contributed by atoms with E-state index in [1.54, 1.807) is 25.3 Å². The Bertz CT molecular complexity index is 1410. The number of aromatic amines is 1. The van der Waals surface area contributed by atoms with Gasteiger partial charge >= 0.3 is 0 Å². The number of H-pyrrole nitrogens is 1. The molecule has 0 unspecified atom stereocenters. The molecular formula is C26H25N5O5. The monoisotopic (exact) mass is 487 g/mol. The summed E-state index contributed by atoms with van der Waals surface area (Å²) in [5.74, 6) is 2.19. The average molecular weight is 488 g/mol. The summed E-state index contributed by atoms with van der Waals surface area (Å²) >= 11 is 0. The number of nitrogens with zero attached hydrogens (tertiary/aromatic N) is 3. The van der Waals surface area contributed by atoms with Crippen molar-refractivity contribution in [2.45, 2.75) is 0 Å². The van der Waals surface area contributed by atoms with Gasteiger partial charge in [0, 0.05) is 17.2 Å². The summed E-state index contributed by atoms with van der Waals surface area (Å²) in [6.07, 6.45) is 0. The summed E-state index contributed by atoms with van der Waals surface area (Å²) < 4.78 is 21.7.